The lowest BCUT2D eigenvalue weighted by Gasteiger charge is -2.22. The predicted octanol–water partition coefficient (Wildman–Crippen LogP) is 7.13. The van der Waals surface area contributed by atoms with Gasteiger partial charge in [0.05, 0.1) is 5.52 Å². The van der Waals surface area contributed by atoms with E-state index in [-0.39, 0.29) is 11.5 Å². The number of phenols is 2. The molecule has 0 fully saturated rings. The van der Waals surface area contributed by atoms with Gasteiger partial charge in [-0.05, 0) is 28.5 Å². The molecule has 0 aliphatic heterocycles. The number of hydrogen-bond donors (Lipinski definition) is 2. The quantitative estimate of drug-likeness (QED) is 0.316. The van der Waals surface area contributed by atoms with E-state index in [1.165, 1.54) is 0 Å². The second-order valence-electron chi connectivity index (χ2n) is 8.34. The summed E-state index contributed by atoms with van der Waals surface area (Å²) in [7, 11) is 0. The minimum atomic E-state index is -0.392. The van der Waals surface area contributed by atoms with Crippen LogP contribution in [0.15, 0.2) is 109 Å². The molecule has 0 aliphatic rings. The largest absolute Gasteiger partial charge is 0.507 e. The van der Waals surface area contributed by atoms with Crippen LogP contribution in [0.5, 0.6) is 11.5 Å². The first-order chi connectivity index (χ1) is 16.2. The van der Waals surface area contributed by atoms with E-state index in [2.05, 4.69) is 11.1 Å². The zero-order valence-corrected chi connectivity index (χ0v) is 17.8. The highest BCUT2D eigenvalue weighted by Gasteiger charge is 2.25. The lowest BCUT2D eigenvalue weighted by Crippen LogP contribution is -2.05. The molecule has 0 spiro atoms. The third-order valence-corrected chi connectivity index (χ3v) is 6.43. The zero-order valence-electron chi connectivity index (χ0n) is 17.8. The van der Waals surface area contributed by atoms with Crippen molar-refractivity contribution in [2.45, 2.75) is 5.92 Å². The molecule has 0 saturated heterocycles. The van der Waals surface area contributed by atoms with Crippen LogP contribution >= 0.6 is 0 Å². The summed E-state index contributed by atoms with van der Waals surface area (Å²) < 4.78 is 0. The number of fused-ring (bicyclic) bond motifs is 3. The minimum absolute atomic E-state index is 0.221. The topological polar surface area (TPSA) is 53.4 Å². The number of aromatic nitrogens is 1. The van der Waals surface area contributed by atoms with E-state index < -0.39 is 5.92 Å². The number of pyridine rings is 1. The highest BCUT2D eigenvalue weighted by atomic mass is 16.3. The molecule has 0 bridgehead atoms. The van der Waals surface area contributed by atoms with Gasteiger partial charge in [0.15, 0.2) is 0 Å². The van der Waals surface area contributed by atoms with E-state index >= 15 is 0 Å². The molecule has 0 aliphatic carbocycles. The fourth-order valence-electron chi connectivity index (χ4n) is 4.78. The van der Waals surface area contributed by atoms with E-state index in [0.29, 0.717) is 0 Å². The first-order valence-electron chi connectivity index (χ1n) is 11.0. The monoisotopic (exact) mass is 427 g/mol. The Morgan fingerprint density at radius 3 is 1.67 bits per heavy atom. The molecule has 1 aromatic heterocycles. The number of rotatable bonds is 3. The van der Waals surface area contributed by atoms with Gasteiger partial charge in [0.25, 0.3) is 0 Å². The van der Waals surface area contributed by atoms with Crippen LogP contribution in [0.4, 0.5) is 0 Å². The van der Waals surface area contributed by atoms with Crippen LogP contribution in [0.2, 0.25) is 0 Å². The predicted molar refractivity (Wildman–Crippen MR) is 134 cm³/mol. The molecular formula is C30H21NO2. The van der Waals surface area contributed by atoms with E-state index in [0.717, 1.165) is 49.1 Å². The lowest BCUT2D eigenvalue weighted by molar-refractivity contribution is 0.465. The van der Waals surface area contributed by atoms with E-state index in [9.17, 15) is 10.2 Å². The number of aromatic hydroxyl groups is 2. The van der Waals surface area contributed by atoms with Gasteiger partial charge in [0.2, 0.25) is 0 Å². The number of nitrogens with zero attached hydrogens (tertiary/aromatic N) is 1. The molecule has 0 radical (unpaired) electrons. The maximum Gasteiger partial charge on any atom is 0.127 e. The van der Waals surface area contributed by atoms with Crippen molar-refractivity contribution >= 4 is 32.4 Å². The van der Waals surface area contributed by atoms with Crippen molar-refractivity contribution in [2.24, 2.45) is 0 Å². The highest BCUT2D eigenvalue weighted by Crippen LogP contribution is 2.45. The Morgan fingerprint density at radius 1 is 0.545 bits per heavy atom. The molecule has 0 saturated carbocycles. The summed E-state index contributed by atoms with van der Waals surface area (Å²) in [5.41, 5.74) is 3.28. The summed E-state index contributed by atoms with van der Waals surface area (Å²) in [6.07, 6.45) is 1.84. The Bertz CT molecular complexity index is 1570. The van der Waals surface area contributed by atoms with Gasteiger partial charge in [0, 0.05) is 39.4 Å². The fourth-order valence-corrected chi connectivity index (χ4v) is 4.78. The summed E-state index contributed by atoms with van der Waals surface area (Å²) in [5, 5.41) is 27.2. The SMILES string of the molecule is Oc1c(C(c2cnc3ccccc3c2)c2ccc3ccccc3c2O)ccc2ccccc12. The minimum Gasteiger partial charge on any atom is -0.507 e. The van der Waals surface area contributed by atoms with Crippen molar-refractivity contribution in [2.75, 3.05) is 0 Å². The third kappa shape index (κ3) is 3.17. The van der Waals surface area contributed by atoms with Gasteiger partial charge in [-0.15, -0.1) is 0 Å². The molecule has 0 atom stereocenters. The van der Waals surface area contributed by atoms with E-state index in [4.69, 9.17) is 0 Å². The first kappa shape index (κ1) is 19.3. The number of benzene rings is 5. The number of para-hydroxylation sites is 1. The van der Waals surface area contributed by atoms with Gasteiger partial charge < -0.3 is 10.2 Å². The first-order valence-corrected chi connectivity index (χ1v) is 11.0. The molecule has 5 aromatic carbocycles. The highest BCUT2D eigenvalue weighted by molar-refractivity contribution is 5.92. The van der Waals surface area contributed by atoms with E-state index in [1.807, 2.05) is 103 Å². The standard InChI is InChI=1S/C30H21NO2/c32-29-23-10-4-1-7-19(23)13-15-25(29)28(22-17-21-9-3-6-12-27(21)31-18-22)26-16-14-20-8-2-5-11-24(20)30(26)33/h1-18,28,32-33H. The smallest absolute Gasteiger partial charge is 0.127 e. The van der Waals surface area contributed by atoms with Gasteiger partial charge in [-0.3, -0.25) is 4.98 Å². The van der Waals surface area contributed by atoms with E-state index in [1.54, 1.807) is 0 Å². The molecule has 1 heterocycles. The Kier molecular flexibility index (Phi) is 4.48. The maximum absolute atomic E-state index is 11.4. The summed E-state index contributed by atoms with van der Waals surface area (Å²) in [6, 6.07) is 33.6. The van der Waals surface area contributed by atoms with Crippen molar-refractivity contribution in [3.8, 4) is 11.5 Å². The summed E-state index contributed by atoms with van der Waals surface area (Å²) in [6.45, 7) is 0. The molecule has 2 N–H and O–H groups in total. The van der Waals surface area contributed by atoms with Crippen molar-refractivity contribution in [1.82, 2.24) is 4.98 Å². The van der Waals surface area contributed by atoms with Crippen LogP contribution in [0.3, 0.4) is 0 Å². The second kappa shape index (κ2) is 7.64. The molecule has 6 rings (SSSR count). The Hall–Kier alpha value is -4.37. The lowest BCUT2D eigenvalue weighted by atomic mass is 9.82. The zero-order chi connectivity index (χ0) is 22.4. The molecule has 3 heteroatoms. The fraction of sp³-hybridized carbons (Fsp3) is 0.0333. The summed E-state index contributed by atoms with van der Waals surface area (Å²) in [5.74, 6) is 0.0500. The van der Waals surface area contributed by atoms with Gasteiger partial charge >= 0.3 is 0 Å². The molecule has 158 valence electrons. The van der Waals surface area contributed by atoms with Gasteiger partial charge in [-0.1, -0.05) is 91.0 Å². The Labute approximate surface area is 191 Å². The van der Waals surface area contributed by atoms with Crippen molar-refractivity contribution < 1.29 is 10.2 Å². The third-order valence-electron chi connectivity index (χ3n) is 6.43. The van der Waals surface area contributed by atoms with Crippen LogP contribution < -0.4 is 0 Å². The van der Waals surface area contributed by atoms with Crippen LogP contribution in [-0.4, -0.2) is 15.2 Å². The molecule has 33 heavy (non-hydrogen) atoms. The van der Waals surface area contributed by atoms with Crippen molar-refractivity contribution in [1.29, 1.82) is 0 Å². The molecule has 3 nitrogen and oxygen atoms in total. The van der Waals surface area contributed by atoms with Gasteiger partial charge in [0.1, 0.15) is 11.5 Å². The Balaban J connectivity index is 1.66. The summed E-state index contributed by atoms with van der Waals surface area (Å²) >= 11 is 0. The van der Waals surface area contributed by atoms with Gasteiger partial charge in [-0.2, -0.15) is 0 Å². The molecular weight excluding hydrogens is 406 g/mol. The summed E-state index contributed by atoms with van der Waals surface area (Å²) in [4.78, 5) is 4.67. The number of phenolic OH excluding ortho intramolecular Hbond substituents is 2. The number of hydrogen-bond acceptors (Lipinski definition) is 3. The maximum atomic E-state index is 11.4. The average molecular weight is 428 g/mol. The van der Waals surface area contributed by atoms with Crippen LogP contribution in [0.25, 0.3) is 32.4 Å². The van der Waals surface area contributed by atoms with Crippen LogP contribution in [0.1, 0.15) is 22.6 Å². The van der Waals surface area contributed by atoms with Crippen LogP contribution in [-0.2, 0) is 0 Å². The van der Waals surface area contributed by atoms with Crippen molar-refractivity contribution in [3.63, 3.8) is 0 Å². The molecule has 6 aromatic rings. The molecule has 0 unspecified atom stereocenters. The Morgan fingerprint density at radius 2 is 1.06 bits per heavy atom. The van der Waals surface area contributed by atoms with Crippen molar-refractivity contribution in [3.05, 3.63) is 126 Å². The normalized spacial score (nSPS) is 11.5. The van der Waals surface area contributed by atoms with Crippen LogP contribution in [0, 0.1) is 0 Å². The molecule has 0 amide bonds. The van der Waals surface area contributed by atoms with Gasteiger partial charge in [-0.25, -0.2) is 0 Å². The average Bonchev–Trinajstić information content (AvgIpc) is 2.87. The second-order valence-corrected chi connectivity index (χ2v) is 8.34.